The van der Waals surface area contributed by atoms with Gasteiger partial charge in [-0.25, -0.2) is 4.39 Å². The van der Waals surface area contributed by atoms with Gasteiger partial charge >= 0.3 is 0 Å². The average Bonchev–Trinajstić information content (AvgIpc) is 2.40. The third-order valence-corrected chi connectivity index (χ3v) is 4.06. The molecular weight excluding hydrogens is 321 g/mol. The SMILES string of the molecule is CCC(CC)N(CC(C)C)C(=O)c1cc(F)ccc1Br. The fraction of sp³-hybridized carbons (Fsp3) is 0.562. The van der Waals surface area contributed by atoms with Gasteiger partial charge in [-0.1, -0.05) is 27.7 Å². The fourth-order valence-corrected chi connectivity index (χ4v) is 2.75. The first-order chi connectivity index (χ1) is 9.40. The van der Waals surface area contributed by atoms with Gasteiger partial charge in [0.2, 0.25) is 0 Å². The van der Waals surface area contributed by atoms with E-state index >= 15 is 0 Å². The van der Waals surface area contributed by atoms with Gasteiger partial charge in [-0.3, -0.25) is 4.79 Å². The lowest BCUT2D eigenvalue weighted by Crippen LogP contribution is -2.42. The van der Waals surface area contributed by atoms with Gasteiger partial charge in [-0.2, -0.15) is 0 Å². The van der Waals surface area contributed by atoms with Crippen molar-refractivity contribution in [1.82, 2.24) is 4.90 Å². The summed E-state index contributed by atoms with van der Waals surface area (Å²) in [4.78, 5) is 14.6. The predicted octanol–water partition coefficient (Wildman–Crippen LogP) is 4.88. The molecule has 0 radical (unpaired) electrons. The van der Waals surface area contributed by atoms with Gasteiger partial charge in [-0.05, 0) is 52.9 Å². The van der Waals surface area contributed by atoms with Gasteiger partial charge in [0.05, 0.1) is 5.56 Å². The van der Waals surface area contributed by atoms with E-state index in [0.717, 1.165) is 12.8 Å². The highest BCUT2D eigenvalue weighted by Crippen LogP contribution is 2.22. The third kappa shape index (κ3) is 4.30. The summed E-state index contributed by atoms with van der Waals surface area (Å²) in [5, 5.41) is 0. The lowest BCUT2D eigenvalue weighted by molar-refractivity contribution is 0.0639. The maximum absolute atomic E-state index is 13.4. The predicted molar refractivity (Wildman–Crippen MR) is 84.3 cm³/mol. The number of benzene rings is 1. The van der Waals surface area contributed by atoms with E-state index in [1.807, 2.05) is 4.90 Å². The van der Waals surface area contributed by atoms with Crippen molar-refractivity contribution in [3.8, 4) is 0 Å². The molecule has 112 valence electrons. The van der Waals surface area contributed by atoms with Crippen molar-refractivity contribution in [3.63, 3.8) is 0 Å². The van der Waals surface area contributed by atoms with Crippen LogP contribution in [0.3, 0.4) is 0 Å². The molecule has 0 spiro atoms. The van der Waals surface area contributed by atoms with Crippen LogP contribution in [0.5, 0.6) is 0 Å². The maximum atomic E-state index is 13.4. The van der Waals surface area contributed by atoms with E-state index in [-0.39, 0.29) is 17.8 Å². The van der Waals surface area contributed by atoms with Crippen molar-refractivity contribution in [3.05, 3.63) is 34.1 Å². The third-order valence-electron chi connectivity index (χ3n) is 3.36. The lowest BCUT2D eigenvalue weighted by Gasteiger charge is -2.32. The molecule has 0 saturated carbocycles. The molecule has 0 bridgehead atoms. The summed E-state index contributed by atoms with van der Waals surface area (Å²) in [6, 6.07) is 4.44. The summed E-state index contributed by atoms with van der Waals surface area (Å²) in [6.45, 7) is 9.02. The zero-order chi connectivity index (χ0) is 15.3. The highest BCUT2D eigenvalue weighted by molar-refractivity contribution is 9.10. The standard InChI is InChI=1S/C16H23BrFNO/c1-5-13(6-2)19(10-11(3)4)16(20)14-9-12(18)7-8-15(14)17/h7-9,11,13H,5-6,10H2,1-4H3. The van der Waals surface area contributed by atoms with E-state index in [1.54, 1.807) is 6.07 Å². The van der Waals surface area contributed by atoms with E-state index in [9.17, 15) is 9.18 Å². The van der Waals surface area contributed by atoms with E-state index in [2.05, 4.69) is 43.6 Å². The van der Waals surface area contributed by atoms with Crippen LogP contribution >= 0.6 is 15.9 Å². The first-order valence-electron chi connectivity index (χ1n) is 7.16. The molecule has 4 heteroatoms. The van der Waals surface area contributed by atoms with E-state index in [0.29, 0.717) is 22.5 Å². The molecule has 1 aromatic carbocycles. The Balaban J connectivity index is 3.12. The summed E-state index contributed by atoms with van der Waals surface area (Å²) < 4.78 is 14.0. The maximum Gasteiger partial charge on any atom is 0.255 e. The quantitative estimate of drug-likeness (QED) is 0.721. The number of rotatable bonds is 6. The average molecular weight is 344 g/mol. The molecule has 0 aliphatic carbocycles. The number of hydrogen-bond acceptors (Lipinski definition) is 1. The van der Waals surface area contributed by atoms with Crippen molar-refractivity contribution >= 4 is 21.8 Å². The Bertz CT molecular complexity index is 458. The molecule has 2 nitrogen and oxygen atoms in total. The van der Waals surface area contributed by atoms with Crippen LogP contribution < -0.4 is 0 Å². The molecule has 20 heavy (non-hydrogen) atoms. The molecule has 0 saturated heterocycles. The van der Waals surface area contributed by atoms with Crippen LogP contribution in [0.4, 0.5) is 4.39 Å². The van der Waals surface area contributed by atoms with Crippen molar-refractivity contribution in [2.45, 2.75) is 46.6 Å². The Hall–Kier alpha value is -0.900. The summed E-state index contributed by atoms with van der Waals surface area (Å²) in [7, 11) is 0. The second-order valence-corrected chi connectivity index (χ2v) is 6.30. The number of hydrogen-bond donors (Lipinski definition) is 0. The summed E-state index contributed by atoms with van der Waals surface area (Å²) >= 11 is 3.34. The fourth-order valence-electron chi connectivity index (χ4n) is 2.34. The highest BCUT2D eigenvalue weighted by Gasteiger charge is 2.24. The molecule has 0 N–H and O–H groups in total. The molecule has 0 aliphatic heterocycles. The van der Waals surface area contributed by atoms with Gasteiger partial charge in [0.25, 0.3) is 5.91 Å². The molecule has 1 amide bonds. The second-order valence-electron chi connectivity index (χ2n) is 5.45. The lowest BCUT2D eigenvalue weighted by atomic mass is 10.1. The molecule has 1 rings (SSSR count). The zero-order valence-corrected chi connectivity index (χ0v) is 14.2. The molecule has 1 aromatic rings. The Kier molecular flexibility index (Phi) is 6.66. The van der Waals surface area contributed by atoms with Crippen LogP contribution in [0.1, 0.15) is 50.9 Å². The van der Waals surface area contributed by atoms with Gasteiger partial charge < -0.3 is 4.90 Å². The Morgan fingerprint density at radius 2 is 1.90 bits per heavy atom. The minimum Gasteiger partial charge on any atom is -0.335 e. The smallest absolute Gasteiger partial charge is 0.255 e. The van der Waals surface area contributed by atoms with Gasteiger partial charge in [0, 0.05) is 17.1 Å². The van der Waals surface area contributed by atoms with Crippen LogP contribution in [0, 0.1) is 11.7 Å². The summed E-state index contributed by atoms with van der Waals surface area (Å²) in [5.41, 5.74) is 0.401. The van der Waals surface area contributed by atoms with Gasteiger partial charge in [-0.15, -0.1) is 0 Å². The van der Waals surface area contributed by atoms with Crippen molar-refractivity contribution in [2.24, 2.45) is 5.92 Å². The molecule has 0 aliphatic rings. The Morgan fingerprint density at radius 3 is 2.40 bits per heavy atom. The van der Waals surface area contributed by atoms with Crippen LogP contribution in [0.15, 0.2) is 22.7 Å². The zero-order valence-electron chi connectivity index (χ0n) is 12.6. The van der Waals surface area contributed by atoms with Crippen molar-refractivity contribution in [1.29, 1.82) is 0 Å². The van der Waals surface area contributed by atoms with Crippen LogP contribution in [0.25, 0.3) is 0 Å². The van der Waals surface area contributed by atoms with Crippen LogP contribution in [-0.4, -0.2) is 23.4 Å². The normalized spacial score (nSPS) is 11.2. The van der Waals surface area contributed by atoms with E-state index < -0.39 is 0 Å². The number of carbonyl (C=O) groups is 1. The number of nitrogens with zero attached hydrogens (tertiary/aromatic N) is 1. The van der Waals surface area contributed by atoms with Crippen LogP contribution in [0.2, 0.25) is 0 Å². The molecule has 0 atom stereocenters. The minimum atomic E-state index is -0.384. The molecule has 0 unspecified atom stereocenters. The largest absolute Gasteiger partial charge is 0.335 e. The monoisotopic (exact) mass is 343 g/mol. The summed E-state index contributed by atoms with van der Waals surface area (Å²) in [6.07, 6.45) is 1.81. The first-order valence-corrected chi connectivity index (χ1v) is 7.95. The Morgan fingerprint density at radius 1 is 1.30 bits per heavy atom. The van der Waals surface area contributed by atoms with E-state index in [1.165, 1.54) is 12.1 Å². The van der Waals surface area contributed by atoms with Crippen molar-refractivity contribution < 1.29 is 9.18 Å². The number of halogens is 2. The van der Waals surface area contributed by atoms with E-state index in [4.69, 9.17) is 0 Å². The number of carbonyl (C=O) groups excluding carboxylic acids is 1. The second kappa shape index (κ2) is 7.77. The van der Waals surface area contributed by atoms with Gasteiger partial charge in [0.15, 0.2) is 0 Å². The summed E-state index contributed by atoms with van der Waals surface area (Å²) in [5.74, 6) is -0.101. The molecule has 0 fully saturated rings. The molecule has 0 aromatic heterocycles. The van der Waals surface area contributed by atoms with Gasteiger partial charge in [0.1, 0.15) is 5.82 Å². The topological polar surface area (TPSA) is 20.3 Å². The molecular formula is C16H23BrFNO. The first kappa shape index (κ1) is 17.2. The highest BCUT2D eigenvalue weighted by atomic mass is 79.9. The minimum absolute atomic E-state index is 0.0984. The number of amides is 1. The van der Waals surface area contributed by atoms with Crippen LogP contribution in [-0.2, 0) is 0 Å². The Labute approximate surface area is 129 Å². The molecule has 0 heterocycles. The van der Waals surface area contributed by atoms with Crippen molar-refractivity contribution in [2.75, 3.05) is 6.54 Å².